The van der Waals surface area contributed by atoms with Crippen LogP contribution in [0.4, 0.5) is 13.2 Å². The molecule has 0 bridgehead atoms. The van der Waals surface area contributed by atoms with E-state index in [2.05, 4.69) is 6.58 Å². The molecule has 0 aliphatic heterocycles. The van der Waals surface area contributed by atoms with Crippen molar-refractivity contribution in [1.29, 1.82) is 5.26 Å². The van der Waals surface area contributed by atoms with Crippen LogP contribution in [0.25, 0.3) is 0 Å². The summed E-state index contributed by atoms with van der Waals surface area (Å²) in [6.07, 6.45) is -4.46. The number of carbonyl (C=O) groups is 1. The lowest BCUT2D eigenvalue weighted by atomic mass is 10.2. The number of rotatable bonds is 6. The smallest absolute Gasteiger partial charge is 0.406 e. The number of carbonyl (C=O) groups excluding carboxylic acids is 1. The van der Waals surface area contributed by atoms with E-state index in [9.17, 15) is 18.0 Å². The summed E-state index contributed by atoms with van der Waals surface area (Å²) in [6, 6.07) is 8.07. The lowest BCUT2D eigenvalue weighted by Gasteiger charge is -2.26. The summed E-state index contributed by atoms with van der Waals surface area (Å²) in [5, 5.41) is 8.93. The maximum absolute atomic E-state index is 12.5. The number of benzene rings is 1. The summed E-state index contributed by atoms with van der Waals surface area (Å²) >= 11 is 0. The molecule has 22 heavy (non-hydrogen) atoms. The number of para-hydroxylation sites is 1. The molecule has 0 aromatic heterocycles. The van der Waals surface area contributed by atoms with Gasteiger partial charge in [0.1, 0.15) is 18.4 Å². The van der Waals surface area contributed by atoms with Gasteiger partial charge in [-0.05, 0) is 19.1 Å². The number of halogens is 3. The minimum Gasteiger partial charge on any atom is -0.480 e. The van der Waals surface area contributed by atoms with Crippen molar-refractivity contribution in [3.63, 3.8) is 0 Å². The summed E-state index contributed by atoms with van der Waals surface area (Å²) in [6.45, 7) is 3.05. The number of nitriles is 1. The second-order valence-corrected chi connectivity index (χ2v) is 4.49. The SMILES string of the molecule is C=CCN(CC(F)(F)F)C(=O)C(C)Oc1ccccc1C#N. The number of alkyl halides is 3. The van der Waals surface area contributed by atoms with Gasteiger partial charge in [0.05, 0.1) is 5.56 Å². The third kappa shape index (κ3) is 5.13. The molecule has 7 heteroatoms. The lowest BCUT2D eigenvalue weighted by molar-refractivity contribution is -0.163. The Kier molecular flexibility index (Phi) is 5.99. The maximum atomic E-state index is 12.5. The van der Waals surface area contributed by atoms with Gasteiger partial charge in [0, 0.05) is 6.54 Å². The van der Waals surface area contributed by atoms with E-state index in [0.29, 0.717) is 4.90 Å². The van der Waals surface area contributed by atoms with Crippen LogP contribution in [0.3, 0.4) is 0 Å². The van der Waals surface area contributed by atoms with Crippen LogP contribution in [0.5, 0.6) is 5.75 Å². The standard InChI is InChI=1S/C15H15F3N2O2/c1-3-8-20(10-15(16,17)18)14(21)11(2)22-13-7-5-4-6-12(13)9-19/h3-7,11H,1,8,10H2,2H3. The normalized spacial score (nSPS) is 12.1. The highest BCUT2D eigenvalue weighted by molar-refractivity contribution is 5.81. The monoisotopic (exact) mass is 312 g/mol. The number of ether oxygens (including phenoxy) is 1. The molecule has 1 unspecified atom stereocenters. The first kappa shape index (κ1) is 17.6. The summed E-state index contributed by atoms with van der Waals surface area (Å²) in [5.74, 6) is -0.679. The predicted octanol–water partition coefficient (Wildman–Crippen LogP) is 2.90. The first-order valence-electron chi connectivity index (χ1n) is 6.40. The zero-order chi connectivity index (χ0) is 16.8. The van der Waals surface area contributed by atoms with Crippen LogP contribution in [0.1, 0.15) is 12.5 Å². The zero-order valence-corrected chi connectivity index (χ0v) is 11.9. The summed E-state index contributed by atoms with van der Waals surface area (Å²) in [5.41, 5.74) is 0.202. The highest BCUT2D eigenvalue weighted by Gasteiger charge is 2.34. The van der Waals surface area contributed by atoms with Crippen molar-refractivity contribution in [3.8, 4) is 11.8 Å². The Bertz CT molecular complexity index is 579. The van der Waals surface area contributed by atoms with Crippen molar-refractivity contribution in [3.05, 3.63) is 42.5 Å². The van der Waals surface area contributed by atoms with Gasteiger partial charge in [-0.25, -0.2) is 0 Å². The van der Waals surface area contributed by atoms with E-state index < -0.39 is 24.7 Å². The van der Waals surface area contributed by atoms with E-state index in [4.69, 9.17) is 10.00 Å². The minimum absolute atomic E-state index is 0.149. The number of amides is 1. The number of hydrogen-bond acceptors (Lipinski definition) is 3. The van der Waals surface area contributed by atoms with E-state index in [1.165, 1.54) is 25.1 Å². The molecule has 0 aliphatic carbocycles. The van der Waals surface area contributed by atoms with Crippen LogP contribution < -0.4 is 4.74 Å². The Morgan fingerprint density at radius 3 is 2.68 bits per heavy atom. The Hall–Kier alpha value is -2.49. The second-order valence-electron chi connectivity index (χ2n) is 4.49. The Labute approximate surface area is 126 Å². The fourth-order valence-electron chi connectivity index (χ4n) is 1.76. The van der Waals surface area contributed by atoms with Gasteiger partial charge in [-0.2, -0.15) is 18.4 Å². The van der Waals surface area contributed by atoms with E-state index in [1.54, 1.807) is 12.1 Å². The number of nitrogens with zero attached hydrogens (tertiary/aromatic N) is 2. The van der Waals surface area contributed by atoms with Gasteiger partial charge in [0.25, 0.3) is 5.91 Å². The zero-order valence-electron chi connectivity index (χ0n) is 11.9. The van der Waals surface area contributed by atoms with Gasteiger partial charge in [0.15, 0.2) is 6.10 Å². The topological polar surface area (TPSA) is 53.3 Å². The largest absolute Gasteiger partial charge is 0.480 e. The average molecular weight is 312 g/mol. The molecule has 0 aliphatic rings. The molecule has 0 radical (unpaired) electrons. The quantitative estimate of drug-likeness (QED) is 0.759. The molecule has 4 nitrogen and oxygen atoms in total. The van der Waals surface area contributed by atoms with Gasteiger partial charge >= 0.3 is 6.18 Å². The van der Waals surface area contributed by atoms with Gasteiger partial charge < -0.3 is 9.64 Å². The Morgan fingerprint density at radius 1 is 1.50 bits per heavy atom. The molecule has 1 atom stereocenters. The lowest BCUT2D eigenvalue weighted by Crippen LogP contribution is -2.45. The highest BCUT2D eigenvalue weighted by Crippen LogP contribution is 2.20. The van der Waals surface area contributed by atoms with Crippen LogP contribution >= 0.6 is 0 Å². The molecule has 118 valence electrons. The summed E-state index contributed by atoms with van der Waals surface area (Å²) < 4.78 is 42.8. The highest BCUT2D eigenvalue weighted by atomic mass is 19.4. The molecule has 1 rings (SSSR count). The molecular weight excluding hydrogens is 297 g/mol. The van der Waals surface area contributed by atoms with Crippen LogP contribution in [-0.2, 0) is 4.79 Å². The first-order chi connectivity index (χ1) is 10.3. The fraction of sp³-hybridized carbons (Fsp3) is 0.333. The molecule has 0 spiro atoms. The van der Waals surface area contributed by atoms with Crippen molar-refractivity contribution in [1.82, 2.24) is 4.90 Å². The predicted molar refractivity (Wildman–Crippen MR) is 74.1 cm³/mol. The van der Waals surface area contributed by atoms with E-state index in [1.807, 2.05) is 6.07 Å². The number of hydrogen-bond donors (Lipinski definition) is 0. The van der Waals surface area contributed by atoms with Gasteiger partial charge in [-0.3, -0.25) is 4.79 Å². The third-order valence-electron chi connectivity index (χ3n) is 2.69. The van der Waals surface area contributed by atoms with Crippen molar-refractivity contribution in [2.24, 2.45) is 0 Å². The van der Waals surface area contributed by atoms with Gasteiger partial charge in [0.2, 0.25) is 0 Å². The summed E-state index contributed by atoms with van der Waals surface area (Å²) in [4.78, 5) is 12.7. The van der Waals surface area contributed by atoms with Gasteiger partial charge in [-0.1, -0.05) is 18.2 Å². The van der Waals surface area contributed by atoms with Crippen molar-refractivity contribution in [2.45, 2.75) is 19.2 Å². The van der Waals surface area contributed by atoms with Crippen molar-refractivity contribution >= 4 is 5.91 Å². The van der Waals surface area contributed by atoms with Crippen LogP contribution in [-0.4, -0.2) is 36.2 Å². The molecule has 0 fully saturated rings. The van der Waals surface area contributed by atoms with Crippen molar-refractivity contribution < 1.29 is 22.7 Å². The molecule has 0 heterocycles. The molecule has 0 N–H and O–H groups in total. The van der Waals surface area contributed by atoms with Crippen molar-refractivity contribution in [2.75, 3.05) is 13.1 Å². The summed E-state index contributed by atoms with van der Waals surface area (Å²) in [7, 11) is 0. The van der Waals surface area contributed by atoms with Crippen LogP contribution in [0.15, 0.2) is 36.9 Å². The van der Waals surface area contributed by atoms with Crippen LogP contribution in [0, 0.1) is 11.3 Å². The Morgan fingerprint density at radius 2 is 2.14 bits per heavy atom. The first-order valence-corrected chi connectivity index (χ1v) is 6.40. The maximum Gasteiger partial charge on any atom is 0.406 e. The van der Waals surface area contributed by atoms with E-state index >= 15 is 0 Å². The molecule has 1 aromatic carbocycles. The van der Waals surface area contributed by atoms with Crippen LogP contribution in [0.2, 0.25) is 0 Å². The molecule has 0 saturated carbocycles. The second kappa shape index (κ2) is 7.50. The molecule has 1 amide bonds. The van der Waals surface area contributed by atoms with Gasteiger partial charge in [-0.15, -0.1) is 6.58 Å². The molecule has 1 aromatic rings. The van der Waals surface area contributed by atoms with E-state index in [-0.39, 0.29) is 17.9 Å². The molecule has 0 saturated heterocycles. The molecular formula is C15H15F3N2O2. The minimum atomic E-state index is -4.51. The van der Waals surface area contributed by atoms with E-state index in [0.717, 1.165) is 0 Å². The fourth-order valence-corrected chi connectivity index (χ4v) is 1.76. The average Bonchev–Trinajstić information content (AvgIpc) is 2.45. The Balaban J connectivity index is 2.85. The third-order valence-corrected chi connectivity index (χ3v) is 2.69.